The fraction of sp³-hybridized carbons (Fsp3) is 0.500. The summed E-state index contributed by atoms with van der Waals surface area (Å²) in [6.07, 6.45) is 7.33. The van der Waals surface area contributed by atoms with Crippen molar-refractivity contribution in [3.8, 4) is 17.1 Å². The van der Waals surface area contributed by atoms with Crippen molar-refractivity contribution in [2.24, 2.45) is 0 Å². The highest BCUT2D eigenvalue weighted by atomic mass is 35.5. The van der Waals surface area contributed by atoms with Crippen molar-refractivity contribution in [3.63, 3.8) is 0 Å². The molecule has 0 radical (unpaired) electrons. The lowest BCUT2D eigenvalue weighted by Gasteiger charge is -2.35. The molecule has 0 spiro atoms. The smallest absolute Gasteiger partial charge is 0.407 e. The van der Waals surface area contributed by atoms with Gasteiger partial charge in [0.25, 0.3) is 0 Å². The summed E-state index contributed by atoms with van der Waals surface area (Å²) in [6, 6.07) is 3.79. The molecule has 0 unspecified atom stereocenters. The zero-order chi connectivity index (χ0) is 23.3. The highest BCUT2D eigenvalue weighted by molar-refractivity contribution is 6.66. The number of pyridine rings is 1. The van der Waals surface area contributed by atoms with Crippen LogP contribution in [0.3, 0.4) is 0 Å². The maximum Gasteiger partial charge on any atom is 0.407 e. The van der Waals surface area contributed by atoms with Gasteiger partial charge in [0, 0.05) is 41.8 Å². The lowest BCUT2D eigenvalue weighted by molar-refractivity contribution is 0.0491. The van der Waals surface area contributed by atoms with Crippen LogP contribution in [0.2, 0.25) is 0 Å². The molecule has 1 fully saturated rings. The Morgan fingerprint density at radius 3 is 2.16 bits per heavy atom. The average molecular weight is 462 g/mol. The number of rotatable bonds is 5. The monoisotopic (exact) mass is 461 g/mol. The van der Waals surface area contributed by atoms with Gasteiger partial charge in [0.15, 0.2) is 0 Å². The van der Waals surface area contributed by atoms with E-state index in [0.29, 0.717) is 31.5 Å². The van der Waals surface area contributed by atoms with Crippen LogP contribution in [0.25, 0.3) is 11.1 Å². The van der Waals surface area contributed by atoms with Gasteiger partial charge < -0.3 is 14.8 Å². The first kappa shape index (κ1) is 23.7. The molecule has 0 atom stereocenters. The maximum atomic E-state index is 12.2. The second-order valence-corrected chi connectivity index (χ2v) is 8.96. The number of methoxy groups -OCH3 is 1. The number of carbonyl (C=O) groups excluding carboxylic acids is 2. The Kier molecular flexibility index (Phi) is 7.50. The van der Waals surface area contributed by atoms with Crippen LogP contribution in [0.15, 0.2) is 30.7 Å². The third kappa shape index (κ3) is 6.29. The van der Waals surface area contributed by atoms with Crippen LogP contribution < -0.4 is 15.0 Å². The Hall–Kier alpha value is -2.94. The standard InChI is InChI=1S/C22H28ClN5O4/c1-22(2,3)32-21(30)27-16-6-8-17(9-7-16)28(19(23)29)18-10-5-14(11-24-18)15-12-25-20(31-4)26-13-15/h5,10-13,16-17H,6-9H2,1-4H3,(H,27,30). The molecule has 0 saturated heterocycles. The molecule has 2 heterocycles. The van der Waals surface area contributed by atoms with Crippen LogP contribution in [0.5, 0.6) is 6.01 Å². The molecule has 10 heteroatoms. The van der Waals surface area contributed by atoms with Gasteiger partial charge in [-0.2, -0.15) is 0 Å². The molecule has 1 aliphatic rings. The van der Waals surface area contributed by atoms with Crippen molar-refractivity contribution in [2.75, 3.05) is 12.0 Å². The first-order valence-electron chi connectivity index (χ1n) is 10.5. The number of ether oxygens (including phenoxy) is 2. The number of hydrogen-bond donors (Lipinski definition) is 1. The first-order valence-corrected chi connectivity index (χ1v) is 10.8. The highest BCUT2D eigenvalue weighted by Gasteiger charge is 2.31. The minimum absolute atomic E-state index is 0.00113. The number of alkyl carbamates (subject to hydrolysis) is 1. The van der Waals surface area contributed by atoms with E-state index in [9.17, 15) is 9.59 Å². The Bertz CT molecular complexity index is 923. The van der Waals surface area contributed by atoms with Crippen LogP contribution in [0, 0.1) is 0 Å². The molecular formula is C22H28ClN5O4. The summed E-state index contributed by atoms with van der Waals surface area (Å²) in [5.41, 5.74) is 1.05. The van der Waals surface area contributed by atoms with E-state index in [2.05, 4.69) is 20.3 Å². The SMILES string of the molecule is COc1ncc(-c2ccc(N(C(=O)Cl)C3CCC(NC(=O)OC(C)(C)C)CC3)nc2)cn1. The number of halogens is 1. The third-order valence-electron chi connectivity index (χ3n) is 5.11. The van der Waals surface area contributed by atoms with Crippen molar-refractivity contribution in [1.29, 1.82) is 0 Å². The number of hydrogen-bond acceptors (Lipinski definition) is 7. The molecule has 1 aliphatic carbocycles. The van der Waals surface area contributed by atoms with Crippen molar-refractivity contribution in [1.82, 2.24) is 20.3 Å². The number of amides is 2. The largest absolute Gasteiger partial charge is 0.467 e. The molecule has 32 heavy (non-hydrogen) atoms. The van der Waals surface area contributed by atoms with Gasteiger partial charge in [-0.1, -0.05) is 0 Å². The Balaban J connectivity index is 1.63. The minimum Gasteiger partial charge on any atom is -0.467 e. The van der Waals surface area contributed by atoms with E-state index in [-0.39, 0.29) is 18.1 Å². The zero-order valence-corrected chi connectivity index (χ0v) is 19.4. The van der Waals surface area contributed by atoms with E-state index in [1.54, 1.807) is 24.7 Å². The van der Waals surface area contributed by atoms with Crippen molar-refractivity contribution in [3.05, 3.63) is 30.7 Å². The van der Waals surface area contributed by atoms with E-state index in [4.69, 9.17) is 21.1 Å². The zero-order valence-electron chi connectivity index (χ0n) is 18.7. The number of carbonyl (C=O) groups is 2. The fourth-order valence-corrected chi connectivity index (χ4v) is 3.87. The first-order chi connectivity index (χ1) is 15.2. The lowest BCUT2D eigenvalue weighted by Crippen LogP contribution is -2.46. The van der Waals surface area contributed by atoms with Crippen LogP contribution >= 0.6 is 11.6 Å². The number of nitrogens with one attached hydrogen (secondary N) is 1. The normalized spacial score (nSPS) is 18.5. The van der Waals surface area contributed by atoms with E-state index >= 15 is 0 Å². The second kappa shape index (κ2) is 10.1. The highest BCUT2D eigenvalue weighted by Crippen LogP contribution is 2.29. The number of nitrogens with zero attached hydrogens (tertiary/aromatic N) is 4. The second-order valence-electron chi connectivity index (χ2n) is 8.64. The van der Waals surface area contributed by atoms with Gasteiger partial charge in [-0.05, 0) is 70.2 Å². The van der Waals surface area contributed by atoms with E-state index < -0.39 is 17.1 Å². The summed E-state index contributed by atoms with van der Waals surface area (Å²) in [7, 11) is 1.50. The summed E-state index contributed by atoms with van der Waals surface area (Å²) >= 11 is 5.92. The topological polar surface area (TPSA) is 107 Å². The van der Waals surface area contributed by atoms with Gasteiger partial charge >= 0.3 is 17.5 Å². The molecule has 1 N–H and O–H groups in total. The third-order valence-corrected chi connectivity index (χ3v) is 5.29. The van der Waals surface area contributed by atoms with Gasteiger partial charge in [0.2, 0.25) is 0 Å². The molecule has 0 aliphatic heterocycles. The van der Waals surface area contributed by atoms with Gasteiger partial charge in [-0.15, -0.1) is 0 Å². The maximum absolute atomic E-state index is 12.2. The Labute approximate surface area is 192 Å². The molecule has 1 saturated carbocycles. The van der Waals surface area contributed by atoms with Gasteiger partial charge in [-0.3, -0.25) is 9.69 Å². The molecule has 9 nitrogen and oxygen atoms in total. The fourth-order valence-electron chi connectivity index (χ4n) is 3.64. The summed E-state index contributed by atoms with van der Waals surface area (Å²) in [6.45, 7) is 5.48. The van der Waals surface area contributed by atoms with Crippen LogP contribution in [0.1, 0.15) is 46.5 Å². The number of anilines is 1. The van der Waals surface area contributed by atoms with E-state index in [1.807, 2.05) is 26.8 Å². The Morgan fingerprint density at radius 1 is 1.03 bits per heavy atom. The molecule has 0 bridgehead atoms. The molecular weight excluding hydrogens is 434 g/mol. The molecule has 2 aromatic rings. The molecule has 2 aromatic heterocycles. The lowest BCUT2D eigenvalue weighted by atomic mass is 9.90. The van der Waals surface area contributed by atoms with Crippen LogP contribution in [-0.4, -0.2) is 51.2 Å². The van der Waals surface area contributed by atoms with Crippen molar-refractivity contribution >= 4 is 28.9 Å². The average Bonchev–Trinajstić information content (AvgIpc) is 2.74. The van der Waals surface area contributed by atoms with Crippen molar-refractivity contribution < 1.29 is 19.1 Å². The Morgan fingerprint density at radius 2 is 1.66 bits per heavy atom. The van der Waals surface area contributed by atoms with Gasteiger partial charge in [0.1, 0.15) is 11.4 Å². The van der Waals surface area contributed by atoms with Crippen molar-refractivity contribution in [2.45, 2.75) is 64.1 Å². The predicted molar refractivity (Wildman–Crippen MR) is 121 cm³/mol. The van der Waals surface area contributed by atoms with E-state index in [0.717, 1.165) is 11.1 Å². The molecule has 3 rings (SSSR count). The summed E-state index contributed by atoms with van der Waals surface area (Å²) < 4.78 is 10.3. The predicted octanol–water partition coefficient (Wildman–Crippen LogP) is 4.55. The summed E-state index contributed by atoms with van der Waals surface area (Å²) in [4.78, 5) is 38.4. The van der Waals surface area contributed by atoms with Gasteiger partial charge in [-0.25, -0.2) is 19.7 Å². The minimum atomic E-state index is -0.582. The van der Waals surface area contributed by atoms with Crippen LogP contribution in [-0.2, 0) is 4.74 Å². The van der Waals surface area contributed by atoms with Crippen LogP contribution in [0.4, 0.5) is 15.4 Å². The molecule has 2 amide bonds. The van der Waals surface area contributed by atoms with Gasteiger partial charge in [0.05, 0.1) is 7.11 Å². The number of aromatic nitrogens is 3. The summed E-state index contributed by atoms with van der Waals surface area (Å²) in [5, 5.41) is 2.32. The molecule has 172 valence electrons. The quantitative estimate of drug-likeness (QED) is 0.514. The van der Waals surface area contributed by atoms with E-state index in [1.165, 1.54) is 12.0 Å². The summed E-state index contributed by atoms with van der Waals surface area (Å²) in [5.74, 6) is 0.478. The molecule has 0 aromatic carbocycles.